The molecule has 2 heterocycles. The number of hydrogen-bond acceptors (Lipinski definition) is 2. The topological polar surface area (TPSA) is 23.6 Å². The van der Waals surface area contributed by atoms with Crippen molar-refractivity contribution in [3.8, 4) is 0 Å². The van der Waals surface area contributed by atoms with Crippen LogP contribution in [0.5, 0.6) is 0 Å². The molecule has 3 nitrogen and oxygen atoms in total. The van der Waals surface area contributed by atoms with Crippen LogP contribution in [0.15, 0.2) is 30.3 Å². The molecule has 23 heavy (non-hydrogen) atoms. The fraction of sp³-hybridized carbons (Fsp3) is 0.550. The lowest BCUT2D eigenvalue weighted by molar-refractivity contribution is -0.129. The van der Waals surface area contributed by atoms with E-state index in [1.165, 1.54) is 24.0 Å². The van der Waals surface area contributed by atoms with Crippen LogP contribution in [0.1, 0.15) is 43.2 Å². The van der Waals surface area contributed by atoms with Gasteiger partial charge in [-0.25, -0.2) is 0 Å². The smallest absolute Gasteiger partial charge is 0.222 e. The molecule has 3 heteroatoms. The molecule has 1 aromatic rings. The van der Waals surface area contributed by atoms with Gasteiger partial charge in [-0.15, -0.1) is 0 Å². The number of fused-ring (bicyclic) bond motifs is 2. The van der Waals surface area contributed by atoms with Crippen LogP contribution >= 0.6 is 0 Å². The second-order valence-corrected chi connectivity index (χ2v) is 7.41. The third kappa shape index (κ3) is 2.61. The average molecular weight is 310 g/mol. The average Bonchev–Trinajstić information content (AvgIpc) is 2.85. The van der Waals surface area contributed by atoms with Crippen molar-refractivity contribution < 1.29 is 4.79 Å². The van der Waals surface area contributed by atoms with E-state index in [1.807, 2.05) is 11.9 Å². The zero-order valence-electron chi connectivity index (χ0n) is 14.0. The molecular weight excluding hydrogens is 284 g/mol. The summed E-state index contributed by atoms with van der Waals surface area (Å²) in [6, 6.07) is 9.44. The lowest BCUT2D eigenvalue weighted by Gasteiger charge is -2.42. The van der Waals surface area contributed by atoms with Crippen molar-refractivity contribution in [2.75, 3.05) is 26.7 Å². The van der Waals surface area contributed by atoms with Gasteiger partial charge in [-0.3, -0.25) is 4.79 Å². The molecule has 122 valence electrons. The van der Waals surface area contributed by atoms with Gasteiger partial charge in [0.1, 0.15) is 0 Å². The van der Waals surface area contributed by atoms with Crippen LogP contribution < -0.4 is 0 Å². The lowest BCUT2D eigenvalue weighted by atomic mass is 9.74. The summed E-state index contributed by atoms with van der Waals surface area (Å²) in [4.78, 5) is 16.4. The van der Waals surface area contributed by atoms with Gasteiger partial charge in [-0.2, -0.15) is 0 Å². The number of hydrogen-bond donors (Lipinski definition) is 0. The van der Waals surface area contributed by atoms with E-state index in [1.54, 1.807) is 0 Å². The molecule has 0 aromatic heterocycles. The number of carbonyl (C=O) groups is 1. The number of benzene rings is 1. The second kappa shape index (κ2) is 5.79. The van der Waals surface area contributed by atoms with Crippen LogP contribution in [0.3, 0.4) is 0 Å². The van der Waals surface area contributed by atoms with Gasteiger partial charge in [0.2, 0.25) is 5.91 Å². The number of piperidine rings is 1. The molecule has 2 saturated heterocycles. The molecule has 0 bridgehead atoms. The largest absolute Gasteiger partial charge is 0.346 e. The van der Waals surface area contributed by atoms with Gasteiger partial charge in [0.05, 0.1) is 0 Å². The van der Waals surface area contributed by atoms with Crippen LogP contribution in [0.4, 0.5) is 0 Å². The van der Waals surface area contributed by atoms with E-state index in [-0.39, 0.29) is 5.41 Å². The van der Waals surface area contributed by atoms with Crippen molar-refractivity contribution >= 4 is 12.0 Å². The monoisotopic (exact) mass is 310 g/mol. The summed E-state index contributed by atoms with van der Waals surface area (Å²) in [5.74, 6) is 0.314. The summed E-state index contributed by atoms with van der Waals surface area (Å²) >= 11 is 0. The number of allylic oxidation sites excluding steroid dienone is 1. The molecule has 1 spiro atoms. The van der Waals surface area contributed by atoms with Crippen LogP contribution in [0.2, 0.25) is 0 Å². The molecule has 1 atom stereocenters. The molecule has 3 aliphatic rings. The third-order valence-corrected chi connectivity index (χ3v) is 6.20. The lowest BCUT2D eigenvalue weighted by Crippen LogP contribution is -2.46. The normalized spacial score (nSPS) is 27.3. The fourth-order valence-electron chi connectivity index (χ4n) is 4.62. The molecule has 1 aromatic carbocycles. The molecule has 2 aliphatic heterocycles. The number of amides is 1. The minimum atomic E-state index is 0.268. The Hall–Kier alpha value is -1.61. The maximum absolute atomic E-state index is 11.9. The van der Waals surface area contributed by atoms with Crippen molar-refractivity contribution in [2.24, 2.45) is 0 Å². The Morgan fingerprint density at radius 1 is 1.09 bits per heavy atom. The van der Waals surface area contributed by atoms with Crippen LogP contribution in [-0.2, 0) is 10.2 Å². The van der Waals surface area contributed by atoms with Crippen LogP contribution in [0, 0.1) is 0 Å². The van der Waals surface area contributed by atoms with Gasteiger partial charge < -0.3 is 9.80 Å². The Bertz CT molecular complexity index is 628. The van der Waals surface area contributed by atoms with Crippen molar-refractivity contribution in [2.45, 2.75) is 43.6 Å². The molecule has 4 rings (SSSR count). The van der Waals surface area contributed by atoms with E-state index < -0.39 is 0 Å². The molecule has 0 radical (unpaired) electrons. The summed E-state index contributed by atoms with van der Waals surface area (Å²) in [6.07, 6.45) is 10.0. The molecule has 0 N–H and O–H groups in total. The first-order valence-electron chi connectivity index (χ1n) is 8.95. The SMILES string of the molecule is CN1CCC(N2CCC3(C=Cc4ccccc43)CC2)CCC1=O. The molecule has 2 fully saturated rings. The highest BCUT2D eigenvalue weighted by Crippen LogP contribution is 2.44. The van der Waals surface area contributed by atoms with E-state index >= 15 is 0 Å². The van der Waals surface area contributed by atoms with E-state index in [0.29, 0.717) is 18.4 Å². The molecule has 1 unspecified atom stereocenters. The van der Waals surface area contributed by atoms with Crippen molar-refractivity contribution in [1.29, 1.82) is 0 Å². The molecule has 0 saturated carbocycles. The minimum Gasteiger partial charge on any atom is -0.346 e. The maximum atomic E-state index is 11.9. The van der Waals surface area contributed by atoms with Crippen molar-refractivity contribution in [3.63, 3.8) is 0 Å². The summed E-state index contributed by atoms with van der Waals surface area (Å²) in [5, 5.41) is 0. The van der Waals surface area contributed by atoms with E-state index in [2.05, 4.69) is 41.3 Å². The standard InChI is InChI=1S/C20H26N2O/c1-21-13-9-17(6-7-19(21)23)22-14-11-20(12-15-22)10-8-16-4-2-3-5-18(16)20/h2-5,8,10,17H,6-7,9,11-15H2,1H3. The fourth-order valence-corrected chi connectivity index (χ4v) is 4.62. The summed E-state index contributed by atoms with van der Waals surface area (Å²) in [6.45, 7) is 3.22. The first kappa shape index (κ1) is 14.9. The summed E-state index contributed by atoms with van der Waals surface area (Å²) < 4.78 is 0. The van der Waals surface area contributed by atoms with Gasteiger partial charge in [0.25, 0.3) is 0 Å². The van der Waals surface area contributed by atoms with Gasteiger partial charge in [-0.05, 0) is 49.9 Å². The Kier molecular flexibility index (Phi) is 3.76. The predicted molar refractivity (Wildman–Crippen MR) is 93.2 cm³/mol. The highest BCUT2D eigenvalue weighted by Gasteiger charge is 2.39. The highest BCUT2D eigenvalue weighted by molar-refractivity contribution is 5.76. The molecular formula is C20H26N2O. The number of likely N-dealkylation sites (tertiary alicyclic amines) is 2. The van der Waals surface area contributed by atoms with Gasteiger partial charge in [0, 0.05) is 31.5 Å². The zero-order valence-corrected chi connectivity index (χ0v) is 14.0. The summed E-state index contributed by atoms with van der Waals surface area (Å²) in [7, 11) is 1.94. The molecule has 1 aliphatic carbocycles. The Morgan fingerprint density at radius 3 is 2.70 bits per heavy atom. The number of rotatable bonds is 1. The highest BCUT2D eigenvalue weighted by atomic mass is 16.2. The number of nitrogens with zero attached hydrogens (tertiary/aromatic N) is 2. The zero-order chi connectivity index (χ0) is 15.9. The minimum absolute atomic E-state index is 0.268. The Morgan fingerprint density at radius 2 is 1.87 bits per heavy atom. The maximum Gasteiger partial charge on any atom is 0.222 e. The van der Waals surface area contributed by atoms with Crippen molar-refractivity contribution in [1.82, 2.24) is 9.80 Å². The van der Waals surface area contributed by atoms with Gasteiger partial charge >= 0.3 is 0 Å². The second-order valence-electron chi connectivity index (χ2n) is 7.41. The van der Waals surface area contributed by atoms with E-state index in [4.69, 9.17) is 0 Å². The van der Waals surface area contributed by atoms with Crippen LogP contribution in [0.25, 0.3) is 6.08 Å². The first-order valence-corrected chi connectivity index (χ1v) is 8.95. The first-order chi connectivity index (χ1) is 11.2. The number of carbonyl (C=O) groups excluding carboxylic acids is 1. The van der Waals surface area contributed by atoms with Gasteiger partial charge in [0.15, 0.2) is 0 Å². The third-order valence-electron chi connectivity index (χ3n) is 6.20. The van der Waals surface area contributed by atoms with Crippen molar-refractivity contribution in [3.05, 3.63) is 41.5 Å². The van der Waals surface area contributed by atoms with Gasteiger partial charge in [-0.1, -0.05) is 36.4 Å². The van der Waals surface area contributed by atoms with Crippen LogP contribution in [-0.4, -0.2) is 48.4 Å². The summed E-state index contributed by atoms with van der Waals surface area (Å²) in [5.41, 5.74) is 3.20. The predicted octanol–water partition coefficient (Wildman–Crippen LogP) is 3.06. The quantitative estimate of drug-likeness (QED) is 0.796. The Balaban J connectivity index is 1.44. The Labute approximate surface area is 139 Å². The molecule has 1 amide bonds. The van der Waals surface area contributed by atoms with E-state index in [9.17, 15) is 4.79 Å². The van der Waals surface area contributed by atoms with E-state index in [0.717, 1.165) is 32.5 Å².